The Bertz CT molecular complexity index is 683. The number of nitrogens with zero attached hydrogens (tertiary/aromatic N) is 2. The minimum atomic E-state index is -3.77. The van der Waals surface area contributed by atoms with E-state index in [9.17, 15) is 8.42 Å². The number of sulfonamides is 1. The van der Waals surface area contributed by atoms with Crippen molar-refractivity contribution >= 4 is 10.0 Å². The number of aromatic nitrogens is 3. The Kier molecular flexibility index (Phi) is 4.32. The largest absolute Gasteiger partial charge is 0.481 e. The van der Waals surface area contributed by atoms with Crippen molar-refractivity contribution in [2.45, 2.75) is 18.2 Å². The van der Waals surface area contributed by atoms with Crippen LogP contribution in [0, 0.1) is 0 Å². The Labute approximate surface area is 115 Å². The minimum absolute atomic E-state index is 0.0745. The van der Waals surface area contributed by atoms with E-state index in [0.29, 0.717) is 11.4 Å². The maximum atomic E-state index is 12.1. The normalized spacial score (nSPS) is 11.5. The molecule has 20 heavy (non-hydrogen) atoms. The molecule has 0 fully saturated rings. The molecule has 2 rings (SSSR count). The van der Waals surface area contributed by atoms with Crippen LogP contribution < -0.4 is 9.46 Å². The molecule has 0 aliphatic heterocycles. The molecule has 9 heteroatoms. The van der Waals surface area contributed by atoms with Crippen molar-refractivity contribution < 1.29 is 18.3 Å². The first-order valence-electron chi connectivity index (χ1n) is 5.68. The monoisotopic (exact) mass is 298 g/mol. The highest BCUT2D eigenvalue weighted by molar-refractivity contribution is 7.89. The Hall–Kier alpha value is -1.97. The highest BCUT2D eigenvalue weighted by Gasteiger charge is 2.20. The summed E-state index contributed by atoms with van der Waals surface area (Å²) in [4.78, 5) is 3.93. The van der Waals surface area contributed by atoms with Gasteiger partial charge in [-0.25, -0.2) is 18.1 Å². The first kappa shape index (κ1) is 14.4. The first-order valence-corrected chi connectivity index (χ1v) is 7.17. The molecule has 0 saturated heterocycles. The van der Waals surface area contributed by atoms with E-state index in [1.165, 1.54) is 19.5 Å². The van der Waals surface area contributed by atoms with Gasteiger partial charge in [-0.1, -0.05) is 0 Å². The van der Waals surface area contributed by atoms with Crippen molar-refractivity contribution in [1.82, 2.24) is 19.9 Å². The highest BCUT2D eigenvalue weighted by Crippen LogP contribution is 2.13. The van der Waals surface area contributed by atoms with Gasteiger partial charge in [0.25, 0.3) is 10.0 Å². The molecule has 0 aliphatic rings. The maximum Gasteiger partial charge on any atom is 0.258 e. The molecule has 0 unspecified atom stereocenters. The fourth-order valence-electron chi connectivity index (χ4n) is 1.57. The van der Waals surface area contributed by atoms with Crippen LogP contribution in [0.1, 0.15) is 11.1 Å². The van der Waals surface area contributed by atoms with Gasteiger partial charge in [0.1, 0.15) is 0 Å². The number of aromatic amines is 1. The number of pyridine rings is 1. The molecule has 0 amide bonds. The Morgan fingerprint density at radius 2 is 2.30 bits per heavy atom. The number of ether oxygens (including phenoxy) is 1. The Morgan fingerprint density at radius 1 is 1.50 bits per heavy atom. The summed E-state index contributed by atoms with van der Waals surface area (Å²) in [5, 5.41) is 14.9. The van der Waals surface area contributed by atoms with Crippen LogP contribution in [-0.4, -0.2) is 35.8 Å². The van der Waals surface area contributed by atoms with E-state index in [-0.39, 0.29) is 17.1 Å². The molecule has 8 nitrogen and oxygen atoms in total. The van der Waals surface area contributed by atoms with Gasteiger partial charge >= 0.3 is 0 Å². The molecule has 2 aromatic heterocycles. The number of H-pyrrole nitrogens is 1. The zero-order valence-electron chi connectivity index (χ0n) is 10.7. The molecule has 0 aromatic carbocycles. The van der Waals surface area contributed by atoms with Gasteiger partial charge in [-0.3, -0.25) is 5.10 Å². The van der Waals surface area contributed by atoms with Crippen LogP contribution in [0.5, 0.6) is 5.88 Å². The van der Waals surface area contributed by atoms with Gasteiger partial charge in [0.15, 0.2) is 5.03 Å². The van der Waals surface area contributed by atoms with Crippen molar-refractivity contribution in [1.29, 1.82) is 0 Å². The van der Waals surface area contributed by atoms with Crippen molar-refractivity contribution in [3.05, 3.63) is 35.7 Å². The molecule has 0 radical (unpaired) electrons. The van der Waals surface area contributed by atoms with Crippen LogP contribution in [0.4, 0.5) is 0 Å². The third-order valence-corrected chi connectivity index (χ3v) is 4.01. The summed E-state index contributed by atoms with van der Waals surface area (Å²) in [6.45, 7) is -0.332. The summed E-state index contributed by atoms with van der Waals surface area (Å²) >= 11 is 0. The lowest BCUT2D eigenvalue weighted by molar-refractivity contribution is 0.278. The van der Waals surface area contributed by atoms with E-state index in [1.807, 2.05) is 0 Å². The summed E-state index contributed by atoms with van der Waals surface area (Å²) in [7, 11) is -2.29. The maximum absolute atomic E-state index is 12.1. The van der Waals surface area contributed by atoms with Gasteiger partial charge in [0, 0.05) is 24.4 Å². The summed E-state index contributed by atoms with van der Waals surface area (Å²) in [6, 6.07) is 3.30. The van der Waals surface area contributed by atoms with Crippen molar-refractivity contribution in [3.63, 3.8) is 0 Å². The van der Waals surface area contributed by atoms with Crippen molar-refractivity contribution in [2.75, 3.05) is 7.11 Å². The van der Waals surface area contributed by atoms with Gasteiger partial charge in [-0.2, -0.15) is 5.10 Å². The lowest BCUT2D eigenvalue weighted by Gasteiger charge is -2.07. The first-order chi connectivity index (χ1) is 9.56. The third kappa shape index (κ3) is 3.13. The van der Waals surface area contributed by atoms with Crippen LogP contribution >= 0.6 is 0 Å². The summed E-state index contributed by atoms with van der Waals surface area (Å²) in [5.74, 6) is 0.402. The number of methoxy groups -OCH3 is 1. The average molecular weight is 298 g/mol. The molecule has 2 aromatic rings. The molecule has 0 bridgehead atoms. The Morgan fingerprint density at radius 3 is 3.00 bits per heavy atom. The zero-order valence-corrected chi connectivity index (χ0v) is 11.5. The lowest BCUT2D eigenvalue weighted by Crippen LogP contribution is -2.24. The third-order valence-electron chi connectivity index (χ3n) is 2.59. The van der Waals surface area contributed by atoms with Crippen LogP contribution in [0.3, 0.4) is 0 Å². The fourth-order valence-corrected chi connectivity index (χ4v) is 2.70. The number of hydrogen-bond donors (Lipinski definition) is 3. The van der Waals surface area contributed by atoms with E-state index in [2.05, 4.69) is 19.9 Å². The highest BCUT2D eigenvalue weighted by atomic mass is 32.2. The summed E-state index contributed by atoms with van der Waals surface area (Å²) in [5.41, 5.74) is 0.912. The van der Waals surface area contributed by atoms with Crippen LogP contribution in [0.15, 0.2) is 29.6 Å². The molecule has 0 saturated carbocycles. The number of aliphatic hydroxyl groups is 1. The molecular formula is C11H14N4O4S. The smallest absolute Gasteiger partial charge is 0.258 e. The van der Waals surface area contributed by atoms with Crippen LogP contribution in [-0.2, 0) is 23.2 Å². The molecule has 3 N–H and O–H groups in total. The molecular weight excluding hydrogens is 284 g/mol. The van der Waals surface area contributed by atoms with Gasteiger partial charge in [0.05, 0.1) is 19.9 Å². The molecule has 0 aliphatic carbocycles. The topological polar surface area (TPSA) is 117 Å². The number of hydrogen-bond acceptors (Lipinski definition) is 6. The standard InChI is InChI=1S/C11H14N4O4S/c1-19-10-4-8(2-3-12-10)5-14-20(17,18)11-9(7-16)6-13-15-11/h2-4,6,14,16H,5,7H2,1H3,(H,13,15). The second kappa shape index (κ2) is 5.99. The quantitative estimate of drug-likeness (QED) is 0.679. The fraction of sp³-hybridized carbons (Fsp3) is 0.273. The van der Waals surface area contributed by atoms with E-state index < -0.39 is 16.6 Å². The van der Waals surface area contributed by atoms with E-state index >= 15 is 0 Å². The zero-order chi connectivity index (χ0) is 14.6. The molecule has 0 spiro atoms. The van der Waals surface area contributed by atoms with Crippen molar-refractivity contribution in [3.8, 4) is 5.88 Å². The second-order valence-corrected chi connectivity index (χ2v) is 5.62. The van der Waals surface area contributed by atoms with E-state index in [1.54, 1.807) is 12.1 Å². The van der Waals surface area contributed by atoms with Gasteiger partial charge < -0.3 is 9.84 Å². The summed E-state index contributed by atoms with van der Waals surface area (Å²) in [6.07, 6.45) is 2.79. The predicted molar refractivity (Wildman–Crippen MR) is 69.3 cm³/mol. The van der Waals surface area contributed by atoms with E-state index in [0.717, 1.165) is 0 Å². The number of nitrogens with one attached hydrogen (secondary N) is 2. The average Bonchev–Trinajstić information content (AvgIpc) is 2.95. The summed E-state index contributed by atoms with van der Waals surface area (Å²) < 4.78 is 31.5. The molecule has 2 heterocycles. The Balaban J connectivity index is 2.13. The van der Waals surface area contributed by atoms with Gasteiger partial charge in [-0.15, -0.1) is 0 Å². The van der Waals surface area contributed by atoms with E-state index in [4.69, 9.17) is 9.84 Å². The number of rotatable bonds is 6. The predicted octanol–water partition coefficient (Wildman–Crippen LogP) is -0.216. The van der Waals surface area contributed by atoms with Crippen molar-refractivity contribution in [2.24, 2.45) is 0 Å². The lowest BCUT2D eigenvalue weighted by atomic mass is 10.3. The van der Waals surface area contributed by atoms with Gasteiger partial charge in [-0.05, 0) is 11.6 Å². The van der Waals surface area contributed by atoms with Crippen LogP contribution in [0.25, 0.3) is 0 Å². The minimum Gasteiger partial charge on any atom is -0.481 e. The molecule has 0 atom stereocenters. The molecule has 108 valence electrons. The van der Waals surface area contributed by atoms with Crippen LogP contribution in [0.2, 0.25) is 0 Å². The SMILES string of the molecule is COc1cc(CNS(=O)(=O)c2[nH]ncc2CO)ccn1. The number of aliphatic hydroxyl groups excluding tert-OH is 1. The second-order valence-electron chi connectivity index (χ2n) is 3.91. The van der Waals surface area contributed by atoms with Gasteiger partial charge in [0.2, 0.25) is 5.88 Å².